The van der Waals surface area contributed by atoms with Crippen molar-refractivity contribution in [1.29, 1.82) is 0 Å². The summed E-state index contributed by atoms with van der Waals surface area (Å²) in [6.45, 7) is 4.44. The topological polar surface area (TPSA) is 105 Å². The molecule has 0 aliphatic carbocycles. The van der Waals surface area contributed by atoms with Crippen molar-refractivity contribution in [2.45, 2.75) is 50.5 Å². The molecule has 9 heteroatoms. The minimum atomic E-state index is -3.75. The lowest BCUT2D eigenvalue weighted by atomic mass is 9.97. The zero-order valence-electron chi connectivity index (χ0n) is 18.8. The van der Waals surface area contributed by atoms with E-state index in [1.54, 1.807) is 6.07 Å². The highest BCUT2D eigenvalue weighted by Gasteiger charge is 2.33. The number of fused-ring (bicyclic) bond motifs is 1. The first-order valence-corrected chi connectivity index (χ1v) is 12.8. The maximum Gasteiger partial charge on any atom is 0.265 e. The van der Waals surface area contributed by atoms with E-state index in [1.807, 2.05) is 31.2 Å². The Bertz CT molecular complexity index is 1140. The standard InChI is InChI=1S/C24H29N3O5S/c1-3-16-5-7-18(8-6-16)25-23(28)17-11-13-27(14-12-17)33(30,31)19-9-10-22-20(15-19)26-24(29)21(4-2)32-22/h5-10,15,17,21H,3-4,11-14H2,1-2H3,(H,25,28)(H,26,29)/t21-/m0/s1. The smallest absolute Gasteiger partial charge is 0.265 e. The summed E-state index contributed by atoms with van der Waals surface area (Å²) in [5.41, 5.74) is 2.30. The molecule has 0 aromatic heterocycles. The third-order valence-electron chi connectivity index (χ3n) is 6.23. The molecule has 33 heavy (non-hydrogen) atoms. The lowest BCUT2D eigenvalue weighted by Crippen LogP contribution is -2.41. The Morgan fingerprint density at radius 1 is 1.12 bits per heavy atom. The van der Waals surface area contributed by atoms with E-state index in [2.05, 4.69) is 17.6 Å². The third-order valence-corrected chi connectivity index (χ3v) is 8.13. The van der Waals surface area contributed by atoms with Crippen LogP contribution in [0.15, 0.2) is 47.4 Å². The molecular formula is C24H29N3O5S. The van der Waals surface area contributed by atoms with E-state index in [4.69, 9.17) is 4.74 Å². The van der Waals surface area contributed by atoms with Gasteiger partial charge in [-0.2, -0.15) is 4.31 Å². The van der Waals surface area contributed by atoms with Gasteiger partial charge in [0.05, 0.1) is 10.6 Å². The highest BCUT2D eigenvalue weighted by atomic mass is 32.2. The number of piperidine rings is 1. The summed E-state index contributed by atoms with van der Waals surface area (Å²) in [6, 6.07) is 12.3. The summed E-state index contributed by atoms with van der Waals surface area (Å²) in [7, 11) is -3.75. The Morgan fingerprint density at radius 3 is 2.45 bits per heavy atom. The van der Waals surface area contributed by atoms with Crippen molar-refractivity contribution < 1.29 is 22.7 Å². The normalized spacial score (nSPS) is 19.3. The molecule has 0 unspecified atom stereocenters. The lowest BCUT2D eigenvalue weighted by Gasteiger charge is -2.31. The highest BCUT2D eigenvalue weighted by Crippen LogP contribution is 2.34. The molecule has 4 rings (SSSR count). The van der Waals surface area contributed by atoms with Crippen molar-refractivity contribution in [1.82, 2.24) is 4.31 Å². The molecule has 0 spiro atoms. The molecule has 2 aliphatic rings. The predicted octanol–water partition coefficient (Wildman–Crippen LogP) is 3.40. The van der Waals surface area contributed by atoms with Crippen LogP contribution in [0.3, 0.4) is 0 Å². The van der Waals surface area contributed by atoms with Crippen molar-refractivity contribution in [3.8, 4) is 5.75 Å². The maximum absolute atomic E-state index is 13.2. The number of aryl methyl sites for hydroxylation is 1. The number of benzene rings is 2. The van der Waals surface area contributed by atoms with Gasteiger partial charge in [-0.25, -0.2) is 8.42 Å². The van der Waals surface area contributed by atoms with E-state index < -0.39 is 16.1 Å². The molecular weight excluding hydrogens is 442 g/mol. The summed E-state index contributed by atoms with van der Waals surface area (Å²) in [5, 5.41) is 5.66. The number of ether oxygens (including phenoxy) is 1. The zero-order valence-corrected chi connectivity index (χ0v) is 19.7. The number of sulfonamides is 1. The Labute approximate surface area is 194 Å². The van der Waals surface area contributed by atoms with Crippen LogP contribution in [0.25, 0.3) is 0 Å². The van der Waals surface area contributed by atoms with Gasteiger partial charge >= 0.3 is 0 Å². The molecule has 1 fully saturated rings. The molecule has 2 N–H and O–H groups in total. The van der Waals surface area contributed by atoms with Crippen molar-refractivity contribution >= 4 is 33.2 Å². The Kier molecular flexibility index (Phi) is 6.71. The van der Waals surface area contributed by atoms with Gasteiger partial charge in [-0.05, 0) is 61.6 Å². The van der Waals surface area contributed by atoms with Crippen molar-refractivity contribution in [2.75, 3.05) is 23.7 Å². The van der Waals surface area contributed by atoms with Crippen LogP contribution in [-0.2, 0) is 26.0 Å². The van der Waals surface area contributed by atoms with Crippen LogP contribution in [-0.4, -0.2) is 43.7 Å². The van der Waals surface area contributed by atoms with E-state index in [0.29, 0.717) is 30.7 Å². The average Bonchev–Trinajstić information content (AvgIpc) is 2.83. The monoisotopic (exact) mass is 471 g/mol. The molecule has 0 saturated carbocycles. The summed E-state index contributed by atoms with van der Waals surface area (Å²) in [5.74, 6) is -0.154. The van der Waals surface area contributed by atoms with Crippen LogP contribution in [0.1, 0.15) is 38.7 Å². The molecule has 0 bridgehead atoms. The maximum atomic E-state index is 13.2. The number of rotatable bonds is 6. The van der Waals surface area contributed by atoms with E-state index >= 15 is 0 Å². The fraction of sp³-hybridized carbons (Fsp3) is 0.417. The fourth-order valence-corrected chi connectivity index (χ4v) is 5.63. The zero-order chi connectivity index (χ0) is 23.6. The molecule has 0 radical (unpaired) electrons. The first-order valence-electron chi connectivity index (χ1n) is 11.3. The van der Waals surface area contributed by atoms with Gasteiger partial charge in [0.25, 0.3) is 5.91 Å². The molecule has 176 valence electrons. The summed E-state index contributed by atoms with van der Waals surface area (Å²) < 4.78 is 33.4. The second-order valence-electron chi connectivity index (χ2n) is 8.38. The van der Waals surface area contributed by atoms with Crippen LogP contribution in [0.4, 0.5) is 11.4 Å². The van der Waals surface area contributed by atoms with E-state index in [-0.39, 0.29) is 35.7 Å². The minimum Gasteiger partial charge on any atom is -0.478 e. The van der Waals surface area contributed by atoms with Gasteiger partial charge in [0.2, 0.25) is 15.9 Å². The van der Waals surface area contributed by atoms with Gasteiger partial charge in [-0.1, -0.05) is 26.0 Å². The molecule has 2 aromatic carbocycles. The van der Waals surface area contributed by atoms with Crippen molar-refractivity contribution in [3.05, 3.63) is 48.0 Å². The molecule has 2 aromatic rings. The predicted molar refractivity (Wildman–Crippen MR) is 126 cm³/mol. The number of hydrogen-bond donors (Lipinski definition) is 2. The Morgan fingerprint density at radius 2 is 1.82 bits per heavy atom. The highest BCUT2D eigenvalue weighted by molar-refractivity contribution is 7.89. The summed E-state index contributed by atoms with van der Waals surface area (Å²) >= 11 is 0. The lowest BCUT2D eigenvalue weighted by molar-refractivity contribution is -0.123. The van der Waals surface area contributed by atoms with Crippen LogP contribution >= 0.6 is 0 Å². The second-order valence-corrected chi connectivity index (χ2v) is 10.3. The first-order chi connectivity index (χ1) is 15.8. The fourth-order valence-electron chi connectivity index (χ4n) is 4.13. The van der Waals surface area contributed by atoms with Crippen LogP contribution in [0.5, 0.6) is 5.75 Å². The number of amides is 2. The number of nitrogens with one attached hydrogen (secondary N) is 2. The molecule has 2 heterocycles. The molecule has 1 saturated heterocycles. The van der Waals surface area contributed by atoms with Crippen molar-refractivity contribution in [3.63, 3.8) is 0 Å². The van der Waals surface area contributed by atoms with E-state index in [9.17, 15) is 18.0 Å². The number of carbonyl (C=O) groups excluding carboxylic acids is 2. The molecule has 2 aliphatic heterocycles. The Balaban J connectivity index is 1.39. The molecule has 8 nitrogen and oxygen atoms in total. The number of nitrogens with zero attached hydrogens (tertiary/aromatic N) is 1. The minimum absolute atomic E-state index is 0.0876. The van der Waals surface area contributed by atoms with Gasteiger partial charge < -0.3 is 15.4 Å². The van der Waals surface area contributed by atoms with E-state index in [1.165, 1.54) is 22.0 Å². The largest absolute Gasteiger partial charge is 0.478 e. The summed E-state index contributed by atoms with van der Waals surface area (Å²) in [6.07, 6.45) is 1.78. The van der Waals surface area contributed by atoms with Crippen molar-refractivity contribution in [2.24, 2.45) is 5.92 Å². The quantitative estimate of drug-likeness (QED) is 0.672. The first kappa shape index (κ1) is 23.3. The molecule has 2 amide bonds. The number of carbonyl (C=O) groups is 2. The van der Waals surface area contributed by atoms with Crippen LogP contribution < -0.4 is 15.4 Å². The number of hydrogen-bond acceptors (Lipinski definition) is 5. The van der Waals surface area contributed by atoms with Gasteiger partial charge in [0, 0.05) is 24.7 Å². The van der Waals surface area contributed by atoms with Gasteiger partial charge in [0.1, 0.15) is 5.75 Å². The third kappa shape index (κ3) is 4.89. The van der Waals surface area contributed by atoms with Gasteiger partial charge in [-0.15, -0.1) is 0 Å². The second kappa shape index (κ2) is 9.52. The average molecular weight is 472 g/mol. The van der Waals surface area contributed by atoms with Crippen LogP contribution in [0.2, 0.25) is 0 Å². The van der Waals surface area contributed by atoms with Gasteiger partial charge in [0.15, 0.2) is 6.10 Å². The number of anilines is 2. The van der Waals surface area contributed by atoms with E-state index in [0.717, 1.165) is 12.1 Å². The van der Waals surface area contributed by atoms with Crippen LogP contribution in [0, 0.1) is 5.92 Å². The summed E-state index contributed by atoms with van der Waals surface area (Å²) in [4.78, 5) is 24.8. The SMILES string of the molecule is CCc1ccc(NC(=O)C2CCN(S(=O)(=O)c3ccc4c(c3)NC(=O)[C@H](CC)O4)CC2)cc1. The molecule has 1 atom stereocenters. The Hall–Kier alpha value is -2.91. The van der Waals surface area contributed by atoms with Gasteiger partial charge in [-0.3, -0.25) is 9.59 Å².